The molecular weight excluding hydrogens is 302 g/mol. The molecule has 1 aromatic carbocycles. The average Bonchev–Trinajstić information content (AvgIpc) is 3.14. The molecule has 2 heterocycles. The summed E-state index contributed by atoms with van der Waals surface area (Å²) in [5, 5.41) is 6.44. The van der Waals surface area contributed by atoms with Gasteiger partial charge >= 0.3 is 0 Å². The lowest BCUT2D eigenvalue weighted by Gasteiger charge is -2.18. The third kappa shape index (κ3) is 3.18. The Morgan fingerprint density at radius 1 is 1.29 bits per heavy atom. The van der Waals surface area contributed by atoms with Gasteiger partial charge in [-0.2, -0.15) is 0 Å². The fraction of sp³-hybridized carbons (Fsp3) is 0.188. The van der Waals surface area contributed by atoms with Gasteiger partial charge in [0.15, 0.2) is 0 Å². The molecule has 0 bridgehead atoms. The number of halogens is 1. The molecule has 1 unspecified atom stereocenters. The van der Waals surface area contributed by atoms with Gasteiger partial charge in [-0.3, -0.25) is 5.32 Å². The second kappa shape index (κ2) is 6.43. The quantitative estimate of drug-likeness (QED) is 0.770. The van der Waals surface area contributed by atoms with E-state index in [9.17, 15) is 0 Å². The fourth-order valence-corrected chi connectivity index (χ4v) is 3.28. The highest BCUT2D eigenvalue weighted by Crippen LogP contribution is 2.25. The van der Waals surface area contributed by atoms with Gasteiger partial charge in [-0.05, 0) is 23.1 Å². The summed E-state index contributed by atoms with van der Waals surface area (Å²) in [4.78, 5) is 5.73. The van der Waals surface area contributed by atoms with Gasteiger partial charge in [0.05, 0.1) is 0 Å². The van der Waals surface area contributed by atoms with Crippen molar-refractivity contribution in [2.45, 2.75) is 12.6 Å². The monoisotopic (exact) mass is 317 g/mol. The van der Waals surface area contributed by atoms with Crippen LogP contribution in [0.25, 0.3) is 0 Å². The molecule has 21 heavy (non-hydrogen) atoms. The maximum Gasteiger partial charge on any atom is 0.131 e. The Morgan fingerprint density at radius 2 is 2.14 bits per heavy atom. The molecule has 0 saturated heterocycles. The van der Waals surface area contributed by atoms with E-state index in [1.165, 1.54) is 4.88 Å². The molecule has 0 aliphatic carbocycles. The third-order valence-corrected chi connectivity index (χ3v) is 4.70. The second-order valence-corrected chi connectivity index (χ2v) is 6.20. The van der Waals surface area contributed by atoms with Crippen LogP contribution in [0.3, 0.4) is 0 Å². The summed E-state index contributed by atoms with van der Waals surface area (Å²) in [5.41, 5.74) is 1.09. The Hall–Kier alpha value is -1.62. The maximum absolute atomic E-state index is 6.23. The Labute approximate surface area is 133 Å². The van der Waals surface area contributed by atoms with Crippen molar-refractivity contribution in [1.29, 1.82) is 0 Å². The van der Waals surface area contributed by atoms with E-state index in [1.54, 1.807) is 11.3 Å². The minimum Gasteiger partial charge on any atom is -0.336 e. The van der Waals surface area contributed by atoms with Crippen LogP contribution in [0, 0.1) is 0 Å². The molecule has 0 radical (unpaired) electrons. The summed E-state index contributed by atoms with van der Waals surface area (Å²) < 4.78 is 2.05. The topological polar surface area (TPSA) is 29.9 Å². The molecule has 3 aromatic rings. The Kier molecular flexibility index (Phi) is 4.39. The lowest BCUT2D eigenvalue weighted by atomic mass is 10.2. The van der Waals surface area contributed by atoms with E-state index in [-0.39, 0.29) is 6.04 Å². The van der Waals surface area contributed by atoms with Gasteiger partial charge in [-0.25, -0.2) is 4.98 Å². The van der Waals surface area contributed by atoms with Gasteiger partial charge in [0.1, 0.15) is 11.9 Å². The zero-order valence-corrected chi connectivity index (χ0v) is 13.2. The number of aromatic nitrogens is 2. The SMILES string of the molecule is Cn1ccnc1C(NCc1ccccc1Cl)c1cccs1. The number of aryl methyl sites for hydroxylation is 1. The highest BCUT2D eigenvalue weighted by Gasteiger charge is 2.19. The number of hydrogen-bond donors (Lipinski definition) is 1. The smallest absolute Gasteiger partial charge is 0.131 e. The van der Waals surface area contributed by atoms with Crippen LogP contribution in [-0.2, 0) is 13.6 Å². The first-order chi connectivity index (χ1) is 10.3. The number of benzene rings is 1. The van der Waals surface area contributed by atoms with E-state index in [2.05, 4.69) is 27.8 Å². The standard InChI is InChI=1S/C16H16ClN3S/c1-20-9-8-18-16(20)15(14-7-4-10-21-14)19-11-12-5-2-3-6-13(12)17/h2-10,15,19H,11H2,1H3. The number of hydrogen-bond acceptors (Lipinski definition) is 3. The molecule has 2 aromatic heterocycles. The molecule has 0 fully saturated rings. The number of thiophene rings is 1. The molecule has 3 rings (SSSR count). The molecule has 5 heteroatoms. The van der Waals surface area contributed by atoms with Crippen molar-refractivity contribution in [3.8, 4) is 0 Å². The van der Waals surface area contributed by atoms with Gasteiger partial charge in [0.2, 0.25) is 0 Å². The highest BCUT2D eigenvalue weighted by atomic mass is 35.5. The minimum absolute atomic E-state index is 0.0706. The molecule has 0 aliphatic rings. The van der Waals surface area contributed by atoms with E-state index < -0.39 is 0 Å². The lowest BCUT2D eigenvalue weighted by molar-refractivity contribution is 0.565. The van der Waals surface area contributed by atoms with E-state index in [0.29, 0.717) is 6.54 Å². The maximum atomic E-state index is 6.23. The van der Waals surface area contributed by atoms with Crippen LogP contribution < -0.4 is 5.32 Å². The molecule has 3 nitrogen and oxygen atoms in total. The van der Waals surface area contributed by atoms with Crippen LogP contribution in [0.15, 0.2) is 54.2 Å². The highest BCUT2D eigenvalue weighted by molar-refractivity contribution is 7.10. The number of imidazole rings is 1. The first kappa shape index (κ1) is 14.3. The first-order valence-corrected chi connectivity index (χ1v) is 7.99. The average molecular weight is 318 g/mol. The van der Waals surface area contributed by atoms with Crippen LogP contribution >= 0.6 is 22.9 Å². The predicted molar refractivity (Wildman–Crippen MR) is 87.7 cm³/mol. The Balaban J connectivity index is 1.84. The molecule has 0 spiro atoms. The van der Waals surface area contributed by atoms with Crippen LogP contribution in [0.5, 0.6) is 0 Å². The predicted octanol–water partition coefficient (Wildman–Crippen LogP) is 4.01. The van der Waals surface area contributed by atoms with Crippen molar-refractivity contribution in [2.24, 2.45) is 7.05 Å². The Bertz CT molecular complexity index is 706. The van der Waals surface area contributed by atoms with Crippen molar-refractivity contribution in [3.05, 3.63) is 75.5 Å². The lowest BCUT2D eigenvalue weighted by Crippen LogP contribution is -2.24. The van der Waals surface area contributed by atoms with Crippen molar-refractivity contribution in [3.63, 3.8) is 0 Å². The van der Waals surface area contributed by atoms with Crippen LogP contribution in [0.4, 0.5) is 0 Å². The molecule has 0 amide bonds. The molecule has 108 valence electrons. The Morgan fingerprint density at radius 3 is 2.81 bits per heavy atom. The summed E-state index contributed by atoms with van der Waals surface area (Å²) in [6, 6.07) is 12.2. The van der Waals surface area contributed by atoms with Gasteiger partial charge in [-0.1, -0.05) is 35.9 Å². The summed E-state index contributed by atoms with van der Waals surface area (Å²) >= 11 is 7.96. The van der Waals surface area contributed by atoms with E-state index in [0.717, 1.165) is 16.4 Å². The molecule has 1 atom stereocenters. The van der Waals surface area contributed by atoms with Crippen molar-refractivity contribution < 1.29 is 0 Å². The molecule has 0 aliphatic heterocycles. The van der Waals surface area contributed by atoms with Crippen LogP contribution in [0.1, 0.15) is 22.3 Å². The van der Waals surface area contributed by atoms with Crippen LogP contribution in [-0.4, -0.2) is 9.55 Å². The van der Waals surface area contributed by atoms with Gasteiger partial charge in [0.25, 0.3) is 0 Å². The first-order valence-electron chi connectivity index (χ1n) is 6.73. The zero-order valence-electron chi connectivity index (χ0n) is 11.7. The number of nitrogens with one attached hydrogen (secondary N) is 1. The third-order valence-electron chi connectivity index (χ3n) is 3.40. The molecule has 0 saturated carbocycles. The minimum atomic E-state index is 0.0706. The summed E-state index contributed by atoms with van der Waals surface area (Å²) in [6.07, 6.45) is 3.79. The second-order valence-electron chi connectivity index (χ2n) is 4.82. The number of nitrogens with zero attached hydrogens (tertiary/aromatic N) is 2. The summed E-state index contributed by atoms with van der Waals surface area (Å²) in [5.74, 6) is 1.00. The van der Waals surface area contributed by atoms with Gasteiger partial charge < -0.3 is 4.57 Å². The van der Waals surface area contributed by atoms with Crippen molar-refractivity contribution in [1.82, 2.24) is 14.9 Å². The molecule has 1 N–H and O–H groups in total. The van der Waals surface area contributed by atoms with Crippen molar-refractivity contribution in [2.75, 3.05) is 0 Å². The van der Waals surface area contributed by atoms with E-state index in [4.69, 9.17) is 11.6 Å². The number of rotatable bonds is 5. The normalized spacial score (nSPS) is 12.5. The van der Waals surface area contributed by atoms with E-state index >= 15 is 0 Å². The van der Waals surface area contributed by atoms with Gasteiger partial charge in [0, 0.05) is 35.9 Å². The van der Waals surface area contributed by atoms with E-state index in [1.807, 2.05) is 48.3 Å². The zero-order chi connectivity index (χ0) is 14.7. The summed E-state index contributed by atoms with van der Waals surface area (Å²) in [7, 11) is 2.01. The van der Waals surface area contributed by atoms with Gasteiger partial charge in [-0.15, -0.1) is 11.3 Å². The molecular formula is C16H16ClN3S. The fourth-order valence-electron chi connectivity index (χ4n) is 2.28. The van der Waals surface area contributed by atoms with Crippen LogP contribution in [0.2, 0.25) is 5.02 Å². The largest absolute Gasteiger partial charge is 0.336 e. The van der Waals surface area contributed by atoms with Crippen molar-refractivity contribution >= 4 is 22.9 Å². The summed E-state index contributed by atoms with van der Waals surface area (Å²) in [6.45, 7) is 0.703.